The summed E-state index contributed by atoms with van der Waals surface area (Å²) >= 11 is 0. The van der Waals surface area contributed by atoms with Gasteiger partial charge in [-0.1, -0.05) is 56.3 Å². The normalized spacial score (nSPS) is 14.7. The molecule has 2 N–H and O–H groups in total. The molecule has 0 fully saturated rings. The van der Waals surface area contributed by atoms with E-state index in [-0.39, 0.29) is 11.8 Å². The van der Waals surface area contributed by atoms with E-state index in [9.17, 15) is 10.1 Å². The topological polar surface area (TPSA) is 94.6 Å². The van der Waals surface area contributed by atoms with Crippen LogP contribution in [0.2, 0.25) is 0 Å². The molecular weight excluding hydrogens is 428 g/mol. The van der Waals surface area contributed by atoms with Crippen LogP contribution >= 0.6 is 0 Å². The maximum absolute atomic E-state index is 12.8. The van der Waals surface area contributed by atoms with Crippen molar-refractivity contribution in [3.63, 3.8) is 0 Å². The molecule has 1 aliphatic rings. The molecule has 6 nitrogen and oxygen atoms in total. The van der Waals surface area contributed by atoms with Crippen molar-refractivity contribution in [3.8, 4) is 23.3 Å². The molecule has 0 bridgehead atoms. The van der Waals surface area contributed by atoms with E-state index in [1.165, 1.54) is 5.56 Å². The Balaban J connectivity index is 1.67. The molecule has 0 spiro atoms. The maximum atomic E-state index is 12.8. The molecule has 172 valence electrons. The maximum Gasteiger partial charge on any atom is 0.347 e. The van der Waals surface area contributed by atoms with E-state index < -0.39 is 5.97 Å². The van der Waals surface area contributed by atoms with Crippen molar-refractivity contribution in [1.29, 1.82) is 5.26 Å². The molecule has 0 amide bonds. The van der Waals surface area contributed by atoms with Crippen molar-refractivity contribution in [1.82, 2.24) is 0 Å². The van der Waals surface area contributed by atoms with Gasteiger partial charge in [-0.05, 0) is 42.2 Å². The summed E-state index contributed by atoms with van der Waals surface area (Å²) in [7, 11) is 0. The first-order valence-corrected chi connectivity index (χ1v) is 11.2. The molecule has 6 heteroatoms. The minimum atomic E-state index is -0.540. The number of esters is 1. The number of fused-ring (bicyclic) bond motifs is 1. The first kappa shape index (κ1) is 22.9. The second-order valence-corrected chi connectivity index (χ2v) is 8.26. The van der Waals surface area contributed by atoms with Crippen LogP contribution in [0.3, 0.4) is 0 Å². The van der Waals surface area contributed by atoms with Gasteiger partial charge < -0.3 is 19.9 Å². The van der Waals surface area contributed by atoms with Crippen LogP contribution in [-0.2, 0) is 0 Å². The molecule has 0 saturated heterocycles. The van der Waals surface area contributed by atoms with Crippen LogP contribution in [0.5, 0.6) is 17.2 Å². The van der Waals surface area contributed by atoms with Gasteiger partial charge in [0.2, 0.25) is 5.88 Å². The number of carbonyl (C=O) groups is 1. The van der Waals surface area contributed by atoms with Crippen LogP contribution in [-0.4, -0.2) is 12.6 Å². The van der Waals surface area contributed by atoms with Crippen molar-refractivity contribution in [3.05, 3.63) is 100 Å². The molecule has 3 aromatic rings. The van der Waals surface area contributed by atoms with Gasteiger partial charge in [-0.3, -0.25) is 0 Å². The highest BCUT2D eigenvalue weighted by Gasteiger charge is 2.31. The molecule has 3 aromatic carbocycles. The number of hydrogen-bond acceptors (Lipinski definition) is 6. The fourth-order valence-electron chi connectivity index (χ4n) is 3.99. The Kier molecular flexibility index (Phi) is 6.55. The summed E-state index contributed by atoms with van der Waals surface area (Å²) in [4.78, 5) is 12.8. The average molecular weight is 455 g/mol. The van der Waals surface area contributed by atoms with Gasteiger partial charge in [0, 0.05) is 11.6 Å². The van der Waals surface area contributed by atoms with Gasteiger partial charge in [0.15, 0.2) is 0 Å². The number of allylic oxidation sites excluding steroid dienone is 1. The summed E-state index contributed by atoms with van der Waals surface area (Å²) in [6, 6.07) is 22.4. The van der Waals surface area contributed by atoms with Gasteiger partial charge in [-0.25, -0.2) is 4.79 Å². The molecule has 0 saturated carbocycles. The lowest BCUT2D eigenvalue weighted by molar-refractivity contribution is 0.0730. The molecule has 0 radical (unpaired) electrons. The Hall–Kier alpha value is -4.24. The van der Waals surface area contributed by atoms with Gasteiger partial charge >= 0.3 is 5.97 Å². The Morgan fingerprint density at radius 1 is 1.12 bits per heavy atom. The summed E-state index contributed by atoms with van der Waals surface area (Å²) in [5.74, 6) is 0.727. The van der Waals surface area contributed by atoms with Gasteiger partial charge in [0.05, 0.1) is 12.5 Å². The summed E-state index contributed by atoms with van der Waals surface area (Å²) in [5.41, 5.74) is 9.71. The fourth-order valence-corrected chi connectivity index (χ4v) is 3.99. The SMILES string of the molecule is CCOc1ccccc1C(=O)Oc1ccc2c(c1)OC(N)=C(C#N)C2c1ccc(C(C)C)cc1. The van der Waals surface area contributed by atoms with Gasteiger partial charge in [0.1, 0.15) is 34.5 Å². The monoisotopic (exact) mass is 454 g/mol. The van der Waals surface area contributed by atoms with Crippen molar-refractivity contribution in [2.75, 3.05) is 6.61 Å². The zero-order valence-corrected chi connectivity index (χ0v) is 19.4. The molecule has 4 rings (SSSR count). The number of para-hydroxylation sites is 1. The molecule has 0 aliphatic carbocycles. The highest BCUT2D eigenvalue weighted by atomic mass is 16.5. The van der Waals surface area contributed by atoms with E-state index in [0.717, 1.165) is 11.1 Å². The van der Waals surface area contributed by atoms with Crippen LogP contribution in [0.1, 0.15) is 59.7 Å². The van der Waals surface area contributed by atoms with Crippen molar-refractivity contribution >= 4 is 5.97 Å². The van der Waals surface area contributed by atoms with Crippen molar-refractivity contribution in [2.45, 2.75) is 32.6 Å². The Bertz CT molecular complexity index is 1290. The number of carbonyl (C=O) groups excluding carboxylic acids is 1. The lowest BCUT2D eigenvalue weighted by Gasteiger charge is -2.27. The average Bonchev–Trinajstić information content (AvgIpc) is 2.83. The molecule has 1 heterocycles. The standard InChI is InChI=1S/C28H26N2O4/c1-4-32-24-8-6-5-7-22(24)28(31)33-20-13-14-21-25(15-20)34-27(30)23(16-29)26(21)19-11-9-18(10-12-19)17(2)3/h5-15,17,26H,4,30H2,1-3H3. The van der Waals surface area contributed by atoms with Gasteiger partial charge in [-0.2, -0.15) is 5.26 Å². The summed E-state index contributed by atoms with van der Waals surface area (Å²) in [6.45, 7) is 6.55. The highest BCUT2D eigenvalue weighted by molar-refractivity contribution is 5.94. The number of nitrogens with zero attached hydrogens (tertiary/aromatic N) is 1. The van der Waals surface area contributed by atoms with E-state index in [0.29, 0.717) is 40.9 Å². The van der Waals surface area contributed by atoms with Crippen molar-refractivity contribution < 1.29 is 19.0 Å². The minimum absolute atomic E-state index is 0.0399. The Morgan fingerprint density at radius 2 is 1.85 bits per heavy atom. The number of ether oxygens (including phenoxy) is 3. The van der Waals surface area contributed by atoms with Crippen LogP contribution in [0, 0.1) is 11.3 Å². The second kappa shape index (κ2) is 9.72. The first-order valence-electron chi connectivity index (χ1n) is 11.2. The lowest BCUT2D eigenvalue weighted by Crippen LogP contribution is -2.21. The van der Waals surface area contributed by atoms with Gasteiger partial charge in [0.25, 0.3) is 0 Å². The Labute approximate surface area is 199 Å². The lowest BCUT2D eigenvalue weighted by atomic mass is 9.83. The van der Waals surface area contributed by atoms with Crippen LogP contribution in [0.25, 0.3) is 0 Å². The largest absolute Gasteiger partial charge is 0.493 e. The molecule has 34 heavy (non-hydrogen) atoms. The van der Waals surface area contributed by atoms with E-state index >= 15 is 0 Å². The van der Waals surface area contributed by atoms with Gasteiger partial charge in [-0.15, -0.1) is 0 Å². The quantitative estimate of drug-likeness (QED) is 0.382. The van der Waals surface area contributed by atoms with E-state index in [2.05, 4.69) is 32.0 Å². The third-order valence-corrected chi connectivity index (χ3v) is 5.74. The third-order valence-electron chi connectivity index (χ3n) is 5.74. The fraction of sp³-hybridized carbons (Fsp3) is 0.214. The smallest absolute Gasteiger partial charge is 0.347 e. The van der Waals surface area contributed by atoms with E-state index in [1.54, 1.807) is 42.5 Å². The minimum Gasteiger partial charge on any atom is -0.493 e. The van der Waals surface area contributed by atoms with Crippen LogP contribution < -0.4 is 19.9 Å². The summed E-state index contributed by atoms with van der Waals surface area (Å²) in [6.07, 6.45) is 0. The second-order valence-electron chi connectivity index (χ2n) is 8.26. The van der Waals surface area contributed by atoms with E-state index in [4.69, 9.17) is 19.9 Å². The first-order chi connectivity index (χ1) is 16.4. The predicted octanol–water partition coefficient (Wildman–Crippen LogP) is 5.65. The number of nitrogens with two attached hydrogens (primary N) is 1. The molecule has 1 atom stereocenters. The molecular formula is C28H26N2O4. The highest BCUT2D eigenvalue weighted by Crippen LogP contribution is 2.43. The number of nitriles is 1. The zero-order valence-electron chi connectivity index (χ0n) is 19.4. The molecule has 1 unspecified atom stereocenters. The number of benzene rings is 3. The number of hydrogen-bond donors (Lipinski definition) is 1. The zero-order chi connectivity index (χ0) is 24.2. The Morgan fingerprint density at radius 3 is 2.53 bits per heavy atom. The van der Waals surface area contributed by atoms with Crippen molar-refractivity contribution in [2.24, 2.45) is 5.73 Å². The number of rotatable bonds is 6. The molecule has 1 aliphatic heterocycles. The van der Waals surface area contributed by atoms with Crippen LogP contribution in [0.15, 0.2) is 78.2 Å². The predicted molar refractivity (Wildman–Crippen MR) is 129 cm³/mol. The van der Waals surface area contributed by atoms with Crippen LogP contribution in [0.4, 0.5) is 0 Å². The summed E-state index contributed by atoms with van der Waals surface area (Å²) in [5, 5.41) is 9.78. The molecule has 0 aromatic heterocycles. The third kappa shape index (κ3) is 4.46. The van der Waals surface area contributed by atoms with E-state index in [1.807, 2.05) is 19.1 Å². The summed E-state index contributed by atoms with van der Waals surface area (Å²) < 4.78 is 16.9.